The summed E-state index contributed by atoms with van der Waals surface area (Å²) in [4.78, 5) is 21.6. The van der Waals surface area contributed by atoms with E-state index < -0.39 is 0 Å². The van der Waals surface area contributed by atoms with E-state index in [1.165, 1.54) is 18.7 Å². The summed E-state index contributed by atoms with van der Waals surface area (Å²) < 4.78 is 5.33. The van der Waals surface area contributed by atoms with Gasteiger partial charge in [0.05, 0.1) is 24.8 Å². The lowest BCUT2D eigenvalue weighted by Gasteiger charge is -2.34. The summed E-state index contributed by atoms with van der Waals surface area (Å²) in [6, 6.07) is 0.0847. The number of morpholine rings is 1. The van der Waals surface area contributed by atoms with Crippen molar-refractivity contribution in [2.75, 3.05) is 25.1 Å². The van der Waals surface area contributed by atoms with Crippen LogP contribution in [-0.4, -0.2) is 51.9 Å². The molecule has 0 N–H and O–H groups in total. The molecule has 1 aliphatic rings. The third-order valence-corrected chi connectivity index (χ3v) is 3.22. The molecule has 1 atom stereocenters. The van der Waals surface area contributed by atoms with Gasteiger partial charge in [0.15, 0.2) is 0 Å². The lowest BCUT2D eigenvalue weighted by Crippen LogP contribution is -2.49. The van der Waals surface area contributed by atoms with Crippen LogP contribution in [0.25, 0.3) is 0 Å². The first-order valence-corrected chi connectivity index (χ1v) is 6.14. The smallest absolute Gasteiger partial charge is 0.257 e. The number of hydrogen-bond acceptors (Lipinski definition) is 4. The minimum absolute atomic E-state index is 0.0339. The van der Waals surface area contributed by atoms with E-state index in [1.807, 2.05) is 0 Å². The van der Waals surface area contributed by atoms with Crippen molar-refractivity contribution in [3.8, 4) is 0 Å². The first-order chi connectivity index (χ1) is 7.83. The maximum atomic E-state index is 12.1. The summed E-state index contributed by atoms with van der Waals surface area (Å²) in [6.45, 7) is 1.78. The molecule has 0 bridgehead atoms. The summed E-state index contributed by atoms with van der Waals surface area (Å²) >= 11 is 3.39. The quantitative estimate of drug-likeness (QED) is 0.751. The molecule has 6 heteroatoms. The Labute approximate surface area is 102 Å². The van der Waals surface area contributed by atoms with Gasteiger partial charge >= 0.3 is 0 Å². The molecule has 1 amide bonds. The molecule has 1 unspecified atom stereocenters. The minimum Gasteiger partial charge on any atom is -0.377 e. The van der Waals surface area contributed by atoms with Crippen LogP contribution in [-0.2, 0) is 4.74 Å². The third kappa shape index (κ3) is 2.38. The van der Waals surface area contributed by atoms with Gasteiger partial charge in [-0.15, -0.1) is 0 Å². The second kappa shape index (κ2) is 5.36. The van der Waals surface area contributed by atoms with Crippen molar-refractivity contribution in [2.45, 2.75) is 6.04 Å². The highest BCUT2D eigenvalue weighted by Gasteiger charge is 2.27. The molecule has 2 heterocycles. The van der Waals surface area contributed by atoms with E-state index >= 15 is 0 Å². The third-order valence-electron chi connectivity index (χ3n) is 2.47. The van der Waals surface area contributed by atoms with Crippen LogP contribution in [0.3, 0.4) is 0 Å². The molecular formula is C10H12BrN3O2. The highest BCUT2D eigenvalue weighted by Crippen LogP contribution is 2.13. The molecule has 1 aliphatic heterocycles. The van der Waals surface area contributed by atoms with E-state index in [1.54, 1.807) is 4.90 Å². The molecule has 1 fully saturated rings. The van der Waals surface area contributed by atoms with Crippen molar-refractivity contribution >= 4 is 21.8 Å². The second-order valence-electron chi connectivity index (χ2n) is 3.51. The van der Waals surface area contributed by atoms with Gasteiger partial charge in [-0.1, -0.05) is 15.9 Å². The number of carbonyl (C=O) groups excluding carboxylic acids is 1. The average Bonchev–Trinajstić information content (AvgIpc) is 2.39. The van der Waals surface area contributed by atoms with Crippen LogP contribution in [0.1, 0.15) is 10.4 Å². The fourth-order valence-electron chi connectivity index (χ4n) is 1.63. The highest BCUT2D eigenvalue weighted by atomic mass is 79.9. The molecule has 0 spiro atoms. The van der Waals surface area contributed by atoms with Crippen LogP contribution in [0.4, 0.5) is 0 Å². The summed E-state index contributed by atoms with van der Waals surface area (Å²) in [5.41, 5.74) is 0.523. The van der Waals surface area contributed by atoms with E-state index in [-0.39, 0.29) is 11.9 Å². The van der Waals surface area contributed by atoms with E-state index in [0.29, 0.717) is 30.7 Å². The molecule has 0 saturated carbocycles. The normalized spacial score (nSPS) is 20.8. The van der Waals surface area contributed by atoms with E-state index in [4.69, 9.17) is 4.74 Å². The Bertz CT molecular complexity index is 360. The van der Waals surface area contributed by atoms with Crippen molar-refractivity contribution in [1.29, 1.82) is 0 Å². The molecule has 1 saturated heterocycles. The molecule has 5 nitrogen and oxygen atoms in total. The van der Waals surface area contributed by atoms with Gasteiger partial charge in [0.25, 0.3) is 5.91 Å². The van der Waals surface area contributed by atoms with Crippen LogP contribution in [0.15, 0.2) is 18.7 Å². The largest absolute Gasteiger partial charge is 0.377 e. The fourth-order valence-corrected chi connectivity index (χ4v) is 2.16. The SMILES string of the molecule is O=C(c1cncnc1)N1CCOCC1CBr. The standard InChI is InChI=1S/C10H12BrN3O2/c11-3-9-6-16-2-1-14(9)10(15)8-4-12-7-13-5-8/h4-5,7,9H,1-3,6H2. The fraction of sp³-hybridized carbons (Fsp3) is 0.500. The Morgan fingerprint density at radius 1 is 1.56 bits per heavy atom. The molecule has 0 radical (unpaired) electrons. The van der Waals surface area contributed by atoms with Crippen molar-refractivity contribution in [3.63, 3.8) is 0 Å². The summed E-state index contributed by atoms with van der Waals surface area (Å²) in [5, 5.41) is 0.715. The topological polar surface area (TPSA) is 55.3 Å². The number of rotatable bonds is 2. The van der Waals surface area contributed by atoms with Crippen molar-refractivity contribution in [3.05, 3.63) is 24.3 Å². The molecule has 0 aliphatic carbocycles. The Kier molecular flexibility index (Phi) is 3.84. The molecule has 16 heavy (non-hydrogen) atoms. The maximum absolute atomic E-state index is 12.1. The molecule has 86 valence electrons. The minimum atomic E-state index is -0.0339. The molecule has 2 rings (SSSR count). The highest BCUT2D eigenvalue weighted by molar-refractivity contribution is 9.09. The summed E-state index contributed by atoms with van der Waals surface area (Å²) in [5.74, 6) is -0.0339. The zero-order valence-corrected chi connectivity index (χ0v) is 10.3. The number of nitrogens with zero attached hydrogens (tertiary/aromatic N) is 3. The lowest BCUT2D eigenvalue weighted by atomic mass is 10.2. The van der Waals surface area contributed by atoms with Gasteiger partial charge in [0.2, 0.25) is 0 Å². The number of halogens is 1. The Morgan fingerprint density at radius 3 is 3.00 bits per heavy atom. The number of amides is 1. The number of alkyl halides is 1. The van der Waals surface area contributed by atoms with Gasteiger partial charge < -0.3 is 9.64 Å². The van der Waals surface area contributed by atoms with Crippen LogP contribution >= 0.6 is 15.9 Å². The monoisotopic (exact) mass is 285 g/mol. The lowest BCUT2D eigenvalue weighted by molar-refractivity contribution is 0.00520. The molecule has 1 aromatic heterocycles. The summed E-state index contributed by atoms with van der Waals surface area (Å²) in [6.07, 6.45) is 4.49. The van der Waals surface area contributed by atoms with Crippen LogP contribution in [0, 0.1) is 0 Å². The number of hydrogen-bond donors (Lipinski definition) is 0. The van der Waals surface area contributed by atoms with Gasteiger partial charge in [-0.3, -0.25) is 4.79 Å². The summed E-state index contributed by atoms with van der Waals surface area (Å²) in [7, 11) is 0. The van der Waals surface area contributed by atoms with Crippen LogP contribution in [0.2, 0.25) is 0 Å². The second-order valence-corrected chi connectivity index (χ2v) is 4.16. The predicted molar refractivity (Wildman–Crippen MR) is 61.5 cm³/mol. The van der Waals surface area contributed by atoms with Gasteiger partial charge in [0.1, 0.15) is 6.33 Å². The van der Waals surface area contributed by atoms with Crippen molar-refractivity contribution in [1.82, 2.24) is 14.9 Å². The van der Waals surface area contributed by atoms with Crippen LogP contribution in [0.5, 0.6) is 0 Å². The zero-order chi connectivity index (χ0) is 11.4. The van der Waals surface area contributed by atoms with Crippen LogP contribution < -0.4 is 0 Å². The maximum Gasteiger partial charge on any atom is 0.257 e. The van der Waals surface area contributed by atoms with Crippen molar-refractivity contribution < 1.29 is 9.53 Å². The Balaban J connectivity index is 2.14. The Morgan fingerprint density at radius 2 is 2.31 bits per heavy atom. The first-order valence-electron chi connectivity index (χ1n) is 5.02. The Hall–Kier alpha value is -1.01. The first kappa shape index (κ1) is 11.5. The van der Waals surface area contributed by atoms with E-state index in [9.17, 15) is 4.79 Å². The van der Waals surface area contributed by atoms with Gasteiger partial charge in [0, 0.05) is 24.3 Å². The number of aromatic nitrogens is 2. The van der Waals surface area contributed by atoms with Gasteiger partial charge in [-0.25, -0.2) is 9.97 Å². The number of carbonyl (C=O) groups is 1. The average molecular weight is 286 g/mol. The molecule has 1 aromatic rings. The molecule has 0 aromatic carbocycles. The molecular weight excluding hydrogens is 274 g/mol. The van der Waals surface area contributed by atoms with E-state index in [2.05, 4.69) is 25.9 Å². The van der Waals surface area contributed by atoms with Gasteiger partial charge in [-0.05, 0) is 0 Å². The predicted octanol–water partition coefficient (Wildman–Crippen LogP) is 0.712. The van der Waals surface area contributed by atoms with Gasteiger partial charge in [-0.2, -0.15) is 0 Å². The zero-order valence-electron chi connectivity index (χ0n) is 8.67. The number of ether oxygens (including phenoxy) is 1. The van der Waals surface area contributed by atoms with Crippen molar-refractivity contribution in [2.24, 2.45) is 0 Å². The van der Waals surface area contributed by atoms with E-state index in [0.717, 1.165) is 0 Å².